The lowest BCUT2D eigenvalue weighted by atomic mass is 9.83. The van der Waals surface area contributed by atoms with E-state index in [0.717, 1.165) is 12.8 Å². The number of nitrogens with one attached hydrogen (secondary N) is 1. The predicted octanol–water partition coefficient (Wildman–Crippen LogP) is 0.488. The van der Waals surface area contributed by atoms with Crippen molar-refractivity contribution in [1.29, 1.82) is 0 Å². The van der Waals surface area contributed by atoms with E-state index in [9.17, 15) is 45.0 Å². The Hall–Kier alpha value is -3.21. The molecular formula is C32H38BrN3O10. The number of aliphatic hydroxyl groups excluding tert-OH is 5. The molecule has 0 aliphatic carbocycles. The standard InChI is InChI=1S/C32H38BrN3O10/c1-17(5-2-9-24(38)35-12-4-8-21(35)16-37)32(45)22-14-19(33)10-11-23(22)36(31(32)44)15-18-6-3-7-20(13-18)34-29(42)28-26(40)25(39)27(41)30(43)46-28/h2-3,5-7,10-11,13-14,17,21,25-28,30,37,39-41,43,45H,4,8-9,12,15-16H2,1H3,(H,34,42)/b5-2+/t17-,21-,25-,26-,27+,28-,30+,32+/m0/s1. The maximum atomic E-state index is 14.0. The first-order chi connectivity index (χ1) is 21.9. The first-order valence-corrected chi connectivity index (χ1v) is 15.8. The molecule has 2 saturated heterocycles. The van der Waals surface area contributed by atoms with Crippen LogP contribution in [0.2, 0.25) is 0 Å². The Balaban J connectivity index is 1.31. The van der Waals surface area contributed by atoms with Gasteiger partial charge in [-0.05, 0) is 48.7 Å². The lowest BCUT2D eigenvalue weighted by Gasteiger charge is -2.37. The van der Waals surface area contributed by atoms with E-state index in [1.807, 2.05) is 0 Å². The molecule has 0 aromatic heterocycles. The second kappa shape index (κ2) is 13.9. The topological polar surface area (TPSA) is 200 Å². The number of rotatable bonds is 9. The third kappa shape index (κ3) is 6.49. The molecule has 0 bridgehead atoms. The Morgan fingerprint density at radius 1 is 1.13 bits per heavy atom. The first-order valence-electron chi connectivity index (χ1n) is 15.1. The van der Waals surface area contributed by atoms with Gasteiger partial charge in [0.1, 0.15) is 18.3 Å². The van der Waals surface area contributed by atoms with Gasteiger partial charge in [0.2, 0.25) is 5.91 Å². The Morgan fingerprint density at radius 2 is 1.89 bits per heavy atom. The van der Waals surface area contributed by atoms with Crippen LogP contribution in [-0.2, 0) is 31.3 Å². The molecule has 248 valence electrons. The number of carbonyl (C=O) groups excluding carboxylic acids is 3. The van der Waals surface area contributed by atoms with Gasteiger partial charge in [0.15, 0.2) is 18.0 Å². The second-order valence-corrected chi connectivity index (χ2v) is 12.8. The molecule has 2 aromatic rings. The molecule has 2 aromatic carbocycles. The van der Waals surface area contributed by atoms with Crippen LogP contribution in [0.4, 0.5) is 11.4 Å². The number of likely N-dealkylation sites (tertiary alicyclic amines) is 1. The Bertz CT molecular complexity index is 1510. The third-order valence-electron chi connectivity index (χ3n) is 8.90. The van der Waals surface area contributed by atoms with Crippen LogP contribution in [0.15, 0.2) is 59.1 Å². The summed E-state index contributed by atoms with van der Waals surface area (Å²) in [5.74, 6) is -2.28. The molecule has 14 heteroatoms. The molecule has 7 N–H and O–H groups in total. The lowest BCUT2D eigenvalue weighted by molar-refractivity contribution is -0.274. The third-order valence-corrected chi connectivity index (χ3v) is 9.39. The van der Waals surface area contributed by atoms with Crippen LogP contribution in [0.3, 0.4) is 0 Å². The molecule has 0 saturated carbocycles. The highest BCUT2D eigenvalue weighted by atomic mass is 79.9. The minimum absolute atomic E-state index is 0.0259. The maximum Gasteiger partial charge on any atom is 0.264 e. The largest absolute Gasteiger partial charge is 0.394 e. The zero-order valence-electron chi connectivity index (χ0n) is 25.1. The summed E-state index contributed by atoms with van der Waals surface area (Å²) in [5.41, 5.74) is -0.199. The number of carbonyl (C=O) groups is 3. The smallest absolute Gasteiger partial charge is 0.264 e. The molecule has 0 radical (unpaired) electrons. The SMILES string of the molecule is C[C@@H](/C=C/CC(=O)N1CCC[C@H]1CO)[C@]1(O)C(=O)N(Cc2cccc(NC(=O)[C@H]3O[C@@H](O)[C@H](O)[C@@H](O)[C@@H]3O)c2)c2ccc(Br)cc21. The summed E-state index contributed by atoms with van der Waals surface area (Å²) in [6, 6.07) is 11.5. The molecule has 13 nitrogen and oxygen atoms in total. The maximum absolute atomic E-state index is 14.0. The van der Waals surface area contributed by atoms with Crippen LogP contribution in [0.25, 0.3) is 0 Å². The summed E-state index contributed by atoms with van der Waals surface area (Å²) < 4.78 is 5.66. The van der Waals surface area contributed by atoms with E-state index >= 15 is 0 Å². The van der Waals surface area contributed by atoms with Crippen LogP contribution in [-0.4, -0.2) is 103 Å². The van der Waals surface area contributed by atoms with Crippen LogP contribution in [0.1, 0.15) is 37.3 Å². The summed E-state index contributed by atoms with van der Waals surface area (Å²) in [7, 11) is 0. The number of amides is 3. The number of aliphatic hydroxyl groups is 6. The fourth-order valence-corrected chi connectivity index (χ4v) is 6.64. The average Bonchev–Trinajstić information content (AvgIpc) is 3.60. The van der Waals surface area contributed by atoms with Gasteiger partial charge in [0, 0.05) is 34.6 Å². The molecule has 3 aliphatic heterocycles. The predicted molar refractivity (Wildman–Crippen MR) is 168 cm³/mol. The number of nitrogens with zero attached hydrogens (tertiary/aromatic N) is 2. The van der Waals surface area contributed by atoms with Gasteiger partial charge in [0.25, 0.3) is 11.8 Å². The van der Waals surface area contributed by atoms with Crippen LogP contribution >= 0.6 is 15.9 Å². The van der Waals surface area contributed by atoms with Gasteiger partial charge in [-0.15, -0.1) is 0 Å². The van der Waals surface area contributed by atoms with Gasteiger partial charge in [-0.1, -0.05) is 47.1 Å². The van der Waals surface area contributed by atoms with Crippen molar-refractivity contribution in [1.82, 2.24) is 4.90 Å². The highest BCUT2D eigenvalue weighted by Crippen LogP contribution is 2.47. The highest BCUT2D eigenvalue weighted by Gasteiger charge is 2.52. The van der Waals surface area contributed by atoms with Crippen molar-refractivity contribution in [2.45, 2.75) is 75.1 Å². The number of benzene rings is 2. The molecule has 0 unspecified atom stereocenters. The number of halogens is 1. The number of hydrogen-bond donors (Lipinski definition) is 7. The Morgan fingerprint density at radius 3 is 2.63 bits per heavy atom. The summed E-state index contributed by atoms with van der Waals surface area (Å²) in [4.78, 5) is 42.6. The van der Waals surface area contributed by atoms with E-state index in [-0.39, 0.29) is 37.2 Å². The number of anilines is 2. The highest BCUT2D eigenvalue weighted by molar-refractivity contribution is 9.10. The minimum atomic E-state index is -1.94. The molecule has 3 aliphatic rings. The molecule has 3 heterocycles. The summed E-state index contributed by atoms with van der Waals surface area (Å²) in [6.45, 7) is 2.22. The fourth-order valence-electron chi connectivity index (χ4n) is 6.28. The molecule has 5 rings (SSSR count). The van der Waals surface area contributed by atoms with Crippen molar-refractivity contribution in [2.24, 2.45) is 5.92 Å². The molecular weight excluding hydrogens is 666 g/mol. The van der Waals surface area contributed by atoms with Gasteiger partial charge in [-0.2, -0.15) is 0 Å². The van der Waals surface area contributed by atoms with Crippen molar-refractivity contribution >= 4 is 45.0 Å². The van der Waals surface area contributed by atoms with Crippen molar-refractivity contribution in [2.75, 3.05) is 23.4 Å². The second-order valence-electron chi connectivity index (χ2n) is 11.9. The monoisotopic (exact) mass is 703 g/mol. The van der Waals surface area contributed by atoms with E-state index in [1.54, 1.807) is 66.4 Å². The van der Waals surface area contributed by atoms with Gasteiger partial charge < -0.3 is 50.5 Å². The normalized spacial score (nSPS) is 30.1. The van der Waals surface area contributed by atoms with Crippen molar-refractivity contribution in [3.8, 4) is 0 Å². The van der Waals surface area contributed by atoms with Gasteiger partial charge in [-0.25, -0.2) is 0 Å². The van der Waals surface area contributed by atoms with Crippen molar-refractivity contribution in [3.05, 3.63) is 70.2 Å². The van der Waals surface area contributed by atoms with Gasteiger partial charge in [-0.3, -0.25) is 14.4 Å². The van der Waals surface area contributed by atoms with Gasteiger partial charge in [0.05, 0.1) is 24.9 Å². The zero-order valence-corrected chi connectivity index (χ0v) is 26.7. The van der Waals surface area contributed by atoms with Gasteiger partial charge >= 0.3 is 0 Å². The van der Waals surface area contributed by atoms with E-state index in [4.69, 9.17) is 4.74 Å². The number of ether oxygens (including phenoxy) is 1. The quantitative estimate of drug-likeness (QED) is 0.180. The number of hydrogen-bond acceptors (Lipinski definition) is 10. The molecule has 2 fully saturated rings. The minimum Gasteiger partial charge on any atom is -0.394 e. The van der Waals surface area contributed by atoms with Crippen LogP contribution in [0.5, 0.6) is 0 Å². The summed E-state index contributed by atoms with van der Waals surface area (Å²) >= 11 is 3.43. The molecule has 0 spiro atoms. The van der Waals surface area contributed by atoms with Crippen LogP contribution < -0.4 is 10.2 Å². The Kier molecular flexibility index (Phi) is 10.3. The van der Waals surface area contributed by atoms with E-state index < -0.39 is 54.0 Å². The fraction of sp³-hybridized carbons (Fsp3) is 0.469. The summed E-state index contributed by atoms with van der Waals surface area (Å²) in [5, 5.41) is 63.7. The average molecular weight is 705 g/mol. The van der Waals surface area contributed by atoms with E-state index in [0.29, 0.717) is 27.8 Å². The van der Waals surface area contributed by atoms with Crippen LogP contribution in [0, 0.1) is 5.92 Å². The van der Waals surface area contributed by atoms with E-state index in [1.165, 1.54) is 4.90 Å². The number of fused-ring (bicyclic) bond motifs is 1. The van der Waals surface area contributed by atoms with E-state index in [2.05, 4.69) is 21.2 Å². The lowest BCUT2D eigenvalue weighted by Crippen LogP contribution is -2.60. The molecule has 46 heavy (non-hydrogen) atoms. The zero-order chi connectivity index (χ0) is 33.3. The van der Waals surface area contributed by atoms with Crippen molar-refractivity contribution in [3.63, 3.8) is 0 Å². The molecule has 8 atom stereocenters. The molecule has 3 amide bonds. The van der Waals surface area contributed by atoms with Crippen molar-refractivity contribution < 1.29 is 49.8 Å². The summed E-state index contributed by atoms with van der Waals surface area (Å²) in [6.07, 6.45) is -3.95. The first kappa shape index (κ1) is 34.1. The Labute approximate surface area is 273 Å².